The summed E-state index contributed by atoms with van der Waals surface area (Å²) in [4.78, 5) is 44.5. The number of carbonyl (C=O) groups is 1. The second-order valence-corrected chi connectivity index (χ2v) is 14.3. The summed E-state index contributed by atoms with van der Waals surface area (Å²) in [6.07, 6.45) is 4.53. The standard InChI is InChI=1S/C43H49N9O4/c1-4-48-19-21-49(22-20-48)41(53)33-9-11-35(12-10-33)52-18-17-38-39(46-43(47-40(38)52)50-23-25-56-26-24-50)34-27-44-42(45-28-34)51(29-31-5-13-36(54-2)14-6-31)30-32-7-15-37(55-3)16-8-32/h5-16,27-28H,4,17-26,29-30H2,1-3H3. The van der Waals surface area contributed by atoms with Crippen molar-refractivity contribution in [2.45, 2.75) is 26.4 Å². The summed E-state index contributed by atoms with van der Waals surface area (Å²) >= 11 is 0. The maximum atomic E-state index is 13.4. The maximum absolute atomic E-state index is 13.4. The Labute approximate surface area is 328 Å². The molecule has 5 aromatic rings. The molecule has 0 unspecified atom stereocenters. The average Bonchev–Trinajstić information content (AvgIpc) is 3.71. The average molecular weight is 756 g/mol. The van der Waals surface area contributed by atoms with Crippen molar-refractivity contribution in [1.82, 2.24) is 29.7 Å². The van der Waals surface area contributed by atoms with Crippen molar-refractivity contribution in [3.63, 3.8) is 0 Å². The minimum absolute atomic E-state index is 0.0864. The Kier molecular flexibility index (Phi) is 11.2. The molecule has 0 atom stereocenters. The van der Waals surface area contributed by atoms with Gasteiger partial charge in [-0.15, -0.1) is 0 Å². The van der Waals surface area contributed by atoms with Crippen LogP contribution >= 0.6 is 0 Å². The maximum Gasteiger partial charge on any atom is 0.253 e. The van der Waals surface area contributed by atoms with E-state index in [1.54, 1.807) is 14.2 Å². The number of aromatic nitrogens is 4. The van der Waals surface area contributed by atoms with E-state index in [0.29, 0.717) is 56.9 Å². The second-order valence-electron chi connectivity index (χ2n) is 14.3. The summed E-state index contributed by atoms with van der Waals surface area (Å²) in [6.45, 7) is 11.1. The van der Waals surface area contributed by atoms with E-state index in [4.69, 9.17) is 34.1 Å². The highest BCUT2D eigenvalue weighted by atomic mass is 16.5. The Morgan fingerprint density at radius 1 is 0.750 bits per heavy atom. The molecule has 0 radical (unpaired) electrons. The van der Waals surface area contributed by atoms with Crippen molar-refractivity contribution in [2.24, 2.45) is 0 Å². The number of nitrogens with zero attached hydrogens (tertiary/aromatic N) is 9. The van der Waals surface area contributed by atoms with Crippen molar-refractivity contribution in [3.8, 4) is 22.8 Å². The van der Waals surface area contributed by atoms with E-state index < -0.39 is 0 Å². The predicted molar refractivity (Wildman–Crippen MR) is 217 cm³/mol. The van der Waals surface area contributed by atoms with Crippen molar-refractivity contribution < 1.29 is 19.0 Å². The van der Waals surface area contributed by atoms with Gasteiger partial charge in [-0.3, -0.25) is 4.79 Å². The second kappa shape index (κ2) is 16.9. The molecule has 3 aromatic carbocycles. The summed E-state index contributed by atoms with van der Waals surface area (Å²) in [5.41, 5.74) is 6.66. The molecule has 3 aliphatic rings. The van der Waals surface area contributed by atoms with E-state index in [1.807, 2.05) is 65.8 Å². The van der Waals surface area contributed by atoms with Gasteiger partial charge in [0.1, 0.15) is 17.3 Å². The molecule has 3 aliphatic heterocycles. The topological polar surface area (TPSA) is 113 Å². The van der Waals surface area contributed by atoms with Crippen LogP contribution in [0.2, 0.25) is 0 Å². The number of anilines is 4. The van der Waals surface area contributed by atoms with Crippen molar-refractivity contribution in [1.29, 1.82) is 0 Å². The molecule has 2 fully saturated rings. The van der Waals surface area contributed by atoms with E-state index in [9.17, 15) is 4.79 Å². The molecule has 1 amide bonds. The molecule has 13 heteroatoms. The van der Waals surface area contributed by atoms with Crippen LogP contribution in [0.1, 0.15) is 34.0 Å². The van der Waals surface area contributed by atoms with E-state index in [0.717, 1.165) is 96.6 Å². The number of hydrogen-bond donors (Lipinski definition) is 0. The Balaban J connectivity index is 1.08. The molecule has 2 aromatic heterocycles. The molecule has 0 saturated carbocycles. The van der Waals surface area contributed by atoms with Crippen LogP contribution in [0.4, 0.5) is 23.4 Å². The number of morpholine rings is 1. The number of rotatable bonds is 12. The number of fused-ring (bicyclic) bond motifs is 1. The number of likely N-dealkylation sites (N-methyl/N-ethyl adjacent to an activating group) is 1. The fraction of sp³-hybridized carbons (Fsp3) is 0.372. The first-order chi connectivity index (χ1) is 27.5. The Hall–Kier alpha value is -5.79. The minimum atomic E-state index is 0.0864. The van der Waals surface area contributed by atoms with Crippen molar-refractivity contribution >= 4 is 29.3 Å². The molecule has 56 heavy (non-hydrogen) atoms. The monoisotopic (exact) mass is 755 g/mol. The summed E-state index contributed by atoms with van der Waals surface area (Å²) in [5, 5.41) is 0. The van der Waals surface area contributed by atoms with Crippen LogP contribution in [0.15, 0.2) is 85.2 Å². The number of hydrogen-bond acceptors (Lipinski definition) is 12. The predicted octanol–water partition coefficient (Wildman–Crippen LogP) is 5.47. The molecular weight excluding hydrogens is 707 g/mol. The van der Waals surface area contributed by atoms with Gasteiger partial charge in [-0.2, -0.15) is 4.98 Å². The molecular formula is C43H49N9O4. The summed E-state index contributed by atoms with van der Waals surface area (Å²) in [7, 11) is 3.35. The molecule has 0 spiro atoms. The zero-order chi connectivity index (χ0) is 38.4. The van der Waals surface area contributed by atoms with Crippen LogP contribution in [0.5, 0.6) is 11.5 Å². The first kappa shape index (κ1) is 37.1. The summed E-state index contributed by atoms with van der Waals surface area (Å²) < 4.78 is 16.5. The zero-order valence-electron chi connectivity index (χ0n) is 32.4. The molecule has 0 bridgehead atoms. The normalized spacial score (nSPS) is 15.8. The van der Waals surface area contributed by atoms with E-state index in [2.05, 4.69) is 50.8 Å². The third kappa shape index (κ3) is 8.10. The largest absolute Gasteiger partial charge is 0.497 e. The van der Waals surface area contributed by atoms with Crippen LogP contribution in [-0.4, -0.2) is 115 Å². The van der Waals surface area contributed by atoms with Gasteiger partial charge in [0.05, 0.1) is 33.1 Å². The van der Waals surface area contributed by atoms with Crippen LogP contribution in [0.3, 0.4) is 0 Å². The molecule has 13 nitrogen and oxygen atoms in total. The minimum Gasteiger partial charge on any atom is -0.497 e. The van der Waals surface area contributed by atoms with Gasteiger partial charge in [-0.05, 0) is 72.6 Å². The number of piperazine rings is 1. The van der Waals surface area contributed by atoms with Gasteiger partial charge < -0.3 is 38.7 Å². The van der Waals surface area contributed by atoms with E-state index in [-0.39, 0.29) is 5.91 Å². The van der Waals surface area contributed by atoms with E-state index >= 15 is 0 Å². The Morgan fingerprint density at radius 2 is 1.36 bits per heavy atom. The molecule has 8 rings (SSSR count). The highest BCUT2D eigenvalue weighted by molar-refractivity contribution is 5.95. The van der Waals surface area contributed by atoms with Crippen molar-refractivity contribution in [3.05, 3.63) is 107 Å². The number of benzene rings is 3. The van der Waals surface area contributed by atoms with Gasteiger partial charge in [-0.1, -0.05) is 31.2 Å². The van der Waals surface area contributed by atoms with Gasteiger partial charge in [-0.25, -0.2) is 15.0 Å². The number of methoxy groups -OCH3 is 2. The lowest BCUT2D eigenvalue weighted by molar-refractivity contribution is 0.0643. The van der Waals surface area contributed by atoms with E-state index in [1.165, 1.54) is 0 Å². The quantitative estimate of drug-likeness (QED) is 0.161. The first-order valence-corrected chi connectivity index (χ1v) is 19.5. The van der Waals surface area contributed by atoms with Crippen LogP contribution in [-0.2, 0) is 24.2 Å². The third-order valence-electron chi connectivity index (χ3n) is 10.9. The Morgan fingerprint density at radius 3 is 1.93 bits per heavy atom. The Bertz CT molecular complexity index is 2030. The molecule has 0 aliphatic carbocycles. The molecule has 2 saturated heterocycles. The summed E-state index contributed by atoms with van der Waals surface area (Å²) in [6, 6.07) is 24.1. The lowest BCUT2D eigenvalue weighted by atomic mass is 10.1. The van der Waals surface area contributed by atoms with Crippen LogP contribution in [0.25, 0.3) is 11.3 Å². The highest BCUT2D eigenvalue weighted by Crippen LogP contribution is 2.39. The van der Waals surface area contributed by atoms with Gasteiger partial charge in [0.15, 0.2) is 0 Å². The number of carbonyl (C=O) groups excluding carboxylic acids is 1. The van der Waals surface area contributed by atoms with Crippen LogP contribution < -0.4 is 24.2 Å². The first-order valence-electron chi connectivity index (χ1n) is 19.5. The van der Waals surface area contributed by atoms with Crippen LogP contribution in [0, 0.1) is 0 Å². The smallest absolute Gasteiger partial charge is 0.253 e. The lowest BCUT2D eigenvalue weighted by Crippen LogP contribution is -2.48. The van der Waals surface area contributed by atoms with Gasteiger partial charge in [0.25, 0.3) is 5.91 Å². The number of amides is 1. The number of ether oxygens (including phenoxy) is 3. The van der Waals surface area contributed by atoms with Gasteiger partial charge in [0, 0.05) is 93.7 Å². The fourth-order valence-corrected chi connectivity index (χ4v) is 7.58. The lowest BCUT2D eigenvalue weighted by Gasteiger charge is -2.34. The summed E-state index contributed by atoms with van der Waals surface area (Å²) in [5.74, 6) is 3.86. The van der Waals surface area contributed by atoms with Gasteiger partial charge >= 0.3 is 0 Å². The molecule has 290 valence electrons. The molecule has 5 heterocycles. The SMILES string of the molecule is CCN1CCN(C(=O)c2ccc(N3CCc4c(-c5cnc(N(Cc6ccc(OC)cc6)Cc6ccc(OC)cc6)nc5)nc(N5CCOCC5)nc43)cc2)CC1. The molecule has 0 N–H and O–H groups in total. The highest BCUT2D eigenvalue weighted by Gasteiger charge is 2.30. The third-order valence-corrected chi connectivity index (χ3v) is 10.9. The van der Waals surface area contributed by atoms with Crippen molar-refractivity contribution in [2.75, 3.05) is 94.5 Å². The zero-order valence-corrected chi connectivity index (χ0v) is 32.4. The van der Waals surface area contributed by atoms with Gasteiger partial charge in [0.2, 0.25) is 11.9 Å². The fourth-order valence-electron chi connectivity index (χ4n) is 7.58.